The SMILES string of the molecule is CCN(Cc1cccc(C)c1)S(=O)(=O)c1ccc2c(c1)OCCO2. The lowest BCUT2D eigenvalue weighted by atomic mass is 10.1. The molecular formula is C18H21NO4S. The lowest BCUT2D eigenvalue weighted by molar-refractivity contribution is 0.171. The number of rotatable bonds is 5. The molecule has 0 radical (unpaired) electrons. The molecule has 128 valence electrons. The summed E-state index contributed by atoms with van der Waals surface area (Å²) in [5, 5.41) is 0. The first kappa shape index (κ1) is 16.8. The summed E-state index contributed by atoms with van der Waals surface area (Å²) in [5.41, 5.74) is 2.08. The third-order valence-corrected chi connectivity index (χ3v) is 5.86. The molecule has 0 fully saturated rings. The van der Waals surface area contributed by atoms with Crippen molar-refractivity contribution < 1.29 is 17.9 Å². The Labute approximate surface area is 142 Å². The van der Waals surface area contributed by atoms with Crippen molar-refractivity contribution in [3.63, 3.8) is 0 Å². The number of sulfonamides is 1. The number of fused-ring (bicyclic) bond motifs is 1. The zero-order valence-corrected chi connectivity index (χ0v) is 14.7. The number of hydrogen-bond acceptors (Lipinski definition) is 4. The maximum atomic E-state index is 13.0. The second kappa shape index (κ2) is 6.83. The number of ether oxygens (including phenoxy) is 2. The Bertz CT molecular complexity index is 833. The normalized spacial score (nSPS) is 14.0. The molecular weight excluding hydrogens is 326 g/mol. The van der Waals surface area contributed by atoms with E-state index >= 15 is 0 Å². The van der Waals surface area contributed by atoms with Crippen LogP contribution in [0.3, 0.4) is 0 Å². The first-order valence-corrected chi connectivity index (χ1v) is 9.40. The minimum atomic E-state index is -3.60. The Hall–Kier alpha value is -2.05. The van der Waals surface area contributed by atoms with Crippen molar-refractivity contribution in [3.8, 4) is 11.5 Å². The molecule has 1 aliphatic rings. The lowest BCUT2D eigenvalue weighted by Gasteiger charge is -2.23. The maximum absolute atomic E-state index is 13.0. The van der Waals surface area contributed by atoms with E-state index in [0.29, 0.717) is 37.8 Å². The van der Waals surface area contributed by atoms with Gasteiger partial charge < -0.3 is 9.47 Å². The van der Waals surface area contributed by atoms with Crippen LogP contribution in [0.4, 0.5) is 0 Å². The average molecular weight is 347 g/mol. The van der Waals surface area contributed by atoms with Crippen LogP contribution < -0.4 is 9.47 Å². The van der Waals surface area contributed by atoms with Gasteiger partial charge in [0.2, 0.25) is 10.0 Å². The van der Waals surface area contributed by atoms with Gasteiger partial charge in [0.15, 0.2) is 11.5 Å². The molecule has 0 bridgehead atoms. The second-order valence-electron chi connectivity index (χ2n) is 5.73. The van der Waals surface area contributed by atoms with Crippen LogP contribution in [0.25, 0.3) is 0 Å². The summed E-state index contributed by atoms with van der Waals surface area (Å²) >= 11 is 0. The summed E-state index contributed by atoms with van der Waals surface area (Å²) in [5.74, 6) is 1.07. The van der Waals surface area contributed by atoms with Crippen molar-refractivity contribution in [2.24, 2.45) is 0 Å². The Balaban J connectivity index is 1.89. The van der Waals surface area contributed by atoms with Crippen LogP contribution in [-0.4, -0.2) is 32.5 Å². The van der Waals surface area contributed by atoms with Crippen molar-refractivity contribution in [3.05, 3.63) is 53.6 Å². The van der Waals surface area contributed by atoms with Gasteiger partial charge in [0.1, 0.15) is 13.2 Å². The zero-order valence-electron chi connectivity index (χ0n) is 13.9. The van der Waals surface area contributed by atoms with Crippen LogP contribution in [0, 0.1) is 6.92 Å². The van der Waals surface area contributed by atoms with Gasteiger partial charge in [-0.3, -0.25) is 0 Å². The summed E-state index contributed by atoms with van der Waals surface area (Å²) in [4.78, 5) is 0.223. The Kier molecular flexibility index (Phi) is 4.78. The van der Waals surface area contributed by atoms with E-state index < -0.39 is 10.0 Å². The summed E-state index contributed by atoms with van der Waals surface area (Å²) in [6.45, 7) is 5.48. The third-order valence-electron chi connectivity index (χ3n) is 3.95. The fraction of sp³-hybridized carbons (Fsp3) is 0.333. The largest absolute Gasteiger partial charge is 0.486 e. The van der Waals surface area contributed by atoms with Gasteiger partial charge in [0, 0.05) is 19.2 Å². The van der Waals surface area contributed by atoms with E-state index in [1.807, 2.05) is 38.1 Å². The molecule has 0 aromatic heterocycles. The van der Waals surface area contributed by atoms with E-state index in [1.54, 1.807) is 18.2 Å². The van der Waals surface area contributed by atoms with Crippen molar-refractivity contribution >= 4 is 10.0 Å². The number of nitrogens with zero attached hydrogens (tertiary/aromatic N) is 1. The smallest absolute Gasteiger partial charge is 0.243 e. The molecule has 24 heavy (non-hydrogen) atoms. The summed E-state index contributed by atoms with van der Waals surface area (Å²) in [7, 11) is -3.60. The van der Waals surface area contributed by atoms with Gasteiger partial charge in [0.05, 0.1) is 4.90 Å². The average Bonchev–Trinajstić information content (AvgIpc) is 2.59. The van der Waals surface area contributed by atoms with Crippen LogP contribution in [0.1, 0.15) is 18.1 Å². The predicted octanol–water partition coefficient (Wildman–Crippen LogP) is 2.98. The minimum Gasteiger partial charge on any atom is -0.486 e. The van der Waals surface area contributed by atoms with Crippen molar-refractivity contribution in [2.75, 3.05) is 19.8 Å². The van der Waals surface area contributed by atoms with E-state index in [1.165, 1.54) is 4.31 Å². The quantitative estimate of drug-likeness (QED) is 0.834. The number of benzene rings is 2. The van der Waals surface area contributed by atoms with E-state index in [2.05, 4.69) is 0 Å². The van der Waals surface area contributed by atoms with Gasteiger partial charge in [-0.2, -0.15) is 4.31 Å². The Morgan fingerprint density at radius 1 is 1.04 bits per heavy atom. The molecule has 2 aromatic rings. The molecule has 0 atom stereocenters. The summed E-state index contributed by atoms with van der Waals surface area (Å²) in [6, 6.07) is 12.6. The van der Waals surface area contributed by atoms with Crippen LogP contribution in [0.2, 0.25) is 0 Å². The molecule has 1 aliphatic heterocycles. The molecule has 5 nitrogen and oxygen atoms in total. The van der Waals surface area contributed by atoms with E-state index in [-0.39, 0.29) is 4.90 Å². The molecule has 0 saturated carbocycles. The van der Waals surface area contributed by atoms with Crippen LogP contribution >= 0.6 is 0 Å². The van der Waals surface area contributed by atoms with E-state index in [0.717, 1.165) is 11.1 Å². The van der Waals surface area contributed by atoms with E-state index in [4.69, 9.17) is 9.47 Å². The minimum absolute atomic E-state index is 0.223. The Morgan fingerprint density at radius 3 is 2.50 bits per heavy atom. The molecule has 2 aromatic carbocycles. The van der Waals surface area contributed by atoms with E-state index in [9.17, 15) is 8.42 Å². The first-order chi connectivity index (χ1) is 11.5. The van der Waals surface area contributed by atoms with Crippen molar-refractivity contribution in [1.29, 1.82) is 0 Å². The number of aryl methyl sites for hydroxylation is 1. The molecule has 0 unspecified atom stereocenters. The summed E-state index contributed by atoms with van der Waals surface area (Å²) in [6.07, 6.45) is 0. The molecule has 1 heterocycles. The fourth-order valence-electron chi connectivity index (χ4n) is 2.71. The van der Waals surface area contributed by atoms with Crippen LogP contribution in [0.15, 0.2) is 47.4 Å². The van der Waals surface area contributed by atoms with Crippen molar-refractivity contribution in [2.45, 2.75) is 25.3 Å². The van der Waals surface area contributed by atoms with Crippen LogP contribution in [0.5, 0.6) is 11.5 Å². The zero-order chi connectivity index (χ0) is 17.2. The van der Waals surface area contributed by atoms with Gasteiger partial charge in [-0.1, -0.05) is 36.8 Å². The van der Waals surface area contributed by atoms with Gasteiger partial charge in [-0.15, -0.1) is 0 Å². The van der Waals surface area contributed by atoms with Gasteiger partial charge in [0.25, 0.3) is 0 Å². The van der Waals surface area contributed by atoms with Crippen molar-refractivity contribution in [1.82, 2.24) is 4.31 Å². The highest BCUT2D eigenvalue weighted by atomic mass is 32.2. The molecule has 0 aliphatic carbocycles. The predicted molar refractivity (Wildman–Crippen MR) is 91.9 cm³/mol. The maximum Gasteiger partial charge on any atom is 0.243 e. The summed E-state index contributed by atoms with van der Waals surface area (Å²) < 4.78 is 38.4. The van der Waals surface area contributed by atoms with Gasteiger partial charge >= 0.3 is 0 Å². The van der Waals surface area contributed by atoms with Gasteiger partial charge in [-0.25, -0.2) is 8.42 Å². The highest BCUT2D eigenvalue weighted by Crippen LogP contribution is 2.33. The number of hydrogen-bond donors (Lipinski definition) is 0. The monoisotopic (exact) mass is 347 g/mol. The molecule has 3 rings (SSSR count). The van der Waals surface area contributed by atoms with Gasteiger partial charge in [-0.05, 0) is 24.6 Å². The van der Waals surface area contributed by atoms with Crippen LogP contribution in [-0.2, 0) is 16.6 Å². The standard InChI is InChI=1S/C18H21NO4S/c1-3-19(13-15-6-4-5-14(2)11-15)24(20,21)16-7-8-17-18(12-16)23-10-9-22-17/h4-8,11-12H,3,9-10,13H2,1-2H3. The molecule has 0 spiro atoms. The lowest BCUT2D eigenvalue weighted by Crippen LogP contribution is -2.30. The topological polar surface area (TPSA) is 55.8 Å². The second-order valence-corrected chi connectivity index (χ2v) is 7.66. The fourth-order valence-corrected chi connectivity index (χ4v) is 4.17. The Morgan fingerprint density at radius 2 is 1.79 bits per heavy atom. The first-order valence-electron chi connectivity index (χ1n) is 7.96. The molecule has 0 N–H and O–H groups in total. The molecule has 6 heteroatoms. The third kappa shape index (κ3) is 3.39. The highest BCUT2D eigenvalue weighted by molar-refractivity contribution is 7.89. The molecule has 0 amide bonds. The molecule has 0 saturated heterocycles. The highest BCUT2D eigenvalue weighted by Gasteiger charge is 2.25.